The summed E-state index contributed by atoms with van der Waals surface area (Å²) in [6.45, 7) is 6.64. The van der Waals surface area contributed by atoms with Gasteiger partial charge in [-0.05, 0) is 93.0 Å². The molecule has 3 aromatic carbocycles. The Morgan fingerprint density at radius 1 is 0.973 bits per heavy atom. The van der Waals surface area contributed by atoms with Crippen molar-refractivity contribution in [2.75, 3.05) is 32.1 Å². The predicted octanol–water partition coefficient (Wildman–Crippen LogP) is 5.63. The van der Waals surface area contributed by atoms with E-state index in [2.05, 4.69) is 46.5 Å². The summed E-state index contributed by atoms with van der Waals surface area (Å²) in [6.07, 6.45) is 2.11. The fourth-order valence-electron chi connectivity index (χ4n) is 5.44. The van der Waals surface area contributed by atoms with Crippen LogP contribution in [0.4, 0.5) is 5.69 Å². The number of likely N-dealkylation sites (tertiary alicyclic amines) is 1. The Bertz CT molecular complexity index is 1470. The zero-order chi connectivity index (χ0) is 25.6. The Morgan fingerprint density at radius 3 is 2.43 bits per heavy atom. The summed E-state index contributed by atoms with van der Waals surface area (Å²) in [7, 11) is 2.16. The molecule has 0 saturated carbocycles. The van der Waals surface area contributed by atoms with Crippen LogP contribution in [-0.2, 0) is 5.41 Å². The Balaban J connectivity index is 1.18. The average molecular weight is 495 g/mol. The lowest BCUT2D eigenvalue weighted by molar-refractivity contribution is 0.102. The SMILES string of the molecule is Cc1nc(-c2ccc(-c3ccc(NC(=O)c4ccc5c(c4)C4(CCN(C)CC4)CO5)cc3)c(C)c2)no1. The van der Waals surface area contributed by atoms with Gasteiger partial charge in [0.1, 0.15) is 5.75 Å². The highest BCUT2D eigenvalue weighted by molar-refractivity contribution is 6.04. The van der Waals surface area contributed by atoms with Gasteiger partial charge < -0.3 is 19.5 Å². The Morgan fingerprint density at radius 2 is 1.73 bits per heavy atom. The first-order chi connectivity index (χ1) is 17.9. The normalized spacial score (nSPS) is 16.4. The highest BCUT2D eigenvalue weighted by atomic mass is 16.5. The van der Waals surface area contributed by atoms with Crippen molar-refractivity contribution in [3.63, 3.8) is 0 Å². The van der Waals surface area contributed by atoms with E-state index in [1.165, 1.54) is 5.56 Å². The number of hydrogen-bond donors (Lipinski definition) is 1. The summed E-state index contributed by atoms with van der Waals surface area (Å²) in [4.78, 5) is 19.8. The standard InChI is InChI=1S/C30H30N4O3/c1-19-16-22(28-31-20(2)37-33-28)6-10-25(19)21-4-8-24(9-5-21)32-29(35)23-7-11-27-26(17-23)30(18-36-27)12-14-34(3)15-13-30/h4-11,16-17H,12-15,18H2,1-3H3,(H,32,35). The number of fused-ring (bicyclic) bond motifs is 2. The summed E-state index contributed by atoms with van der Waals surface area (Å²) in [6, 6.07) is 19.9. The Kier molecular flexibility index (Phi) is 5.80. The molecule has 0 atom stereocenters. The number of benzene rings is 3. The van der Waals surface area contributed by atoms with E-state index < -0.39 is 0 Å². The molecule has 1 fully saturated rings. The van der Waals surface area contributed by atoms with Crippen molar-refractivity contribution in [1.82, 2.24) is 15.0 Å². The number of nitrogens with one attached hydrogen (secondary N) is 1. The molecule has 37 heavy (non-hydrogen) atoms. The van der Waals surface area contributed by atoms with E-state index in [9.17, 15) is 4.79 Å². The molecule has 2 aliphatic rings. The quantitative estimate of drug-likeness (QED) is 0.396. The van der Waals surface area contributed by atoms with Crippen LogP contribution in [0.3, 0.4) is 0 Å². The number of rotatable bonds is 4. The van der Waals surface area contributed by atoms with Gasteiger partial charge in [-0.3, -0.25) is 4.79 Å². The summed E-state index contributed by atoms with van der Waals surface area (Å²) in [5.74, 6) is 1.94. The fourth-order valence-corrected chi connectivity index (χ4v) is 5.44. The zero-order valence-corrected chi connectivity index (χ0v) is 21.4. The second kappa shape index (κ2) is 9.16. The number of amides is 1. The second-order valence-electron chi connectivity index (χ2n) is 10.3. The third-order valence-electron chi connectivity index (χ3n) is 7.73. The molecule has 7 nitrogen and oxygen atoms in total. The van der Waals surface area contributed by atoms with E-state index in [-0.39, 0.29) is 11.3 Å². The first-order valence-corrected chi connectivity index (χ1v) is 12.7. The molecule has 0 aliphatic carbocycles. The number of piperidine rings is 1. The maximum Gasteiger partial charge on any atom is 0.255 e. The van der Waals surface area contributed by atoms with Gasteiger partial charge >= 0.3 is 0 Å². The number of ether oxygens (including phenoxy) is 1. The monoisotopic (exact) mass is 494 g/mol. The van der Waals surface area contributed by atoms with E-state index in [1.54, 1.807) is 6.92 Å². The van der Waals surface area contributed by atoms with Crippen molar-refractivity contribution in [1.29, 1.82) is 0 Å². The summed E-state index contributed by atoms with van der Waals surface area (Å²) in [5.41, 5.74) is 6.84. The molecule has 188 valence electrons. The third kappa shape index (κ3) is 4.40. The van der Waals surface area contributed by atoms with Crippen LogP contribution in [0.5, 0.6) is 5.75 Å². The molecule has 7 heteroatoms. The topological polar surface area (TPSA) is 80.5 Å². The van der Waals surface area contributed by atoms with Gasteiger partial charge in [0, 0.05) is 34.7 Å². The molecule has 1 spiro atoms. The molecule has 3 heterocycles. The minimum atomic E-state index is -0.110. The van der Waals surface area contributed by atoms with E-state index in [1.807, 2.05) is 48.5 Å². The van der Waals surface area contributed by atoms with Crippen molar-refractivity contribution >= 4 is 11.6 Å². The van der Waals surface area contributed by atoms with Crippen LogP contribution in [0.1, 0.15) is 40.2 Å². The van der Waals surface area contributed by atoms with Crippen LogP contribution in [0.15, 0.2) is 65.2 Å². The van der Waals surface area contributed by atoms with E-state index in [0.717, 1.165) is 59.6 Å². The molecule has 0 bridgehead atoms. The largest absolute Gasteiger partial charge is 0.492 e. The van der Waals surface area contributed by atoms with Crippen molar-refractivity contribution in [2.24, 2.45) is 0 Å². The zero-order valence-electron chi connectivity index (χ0n) is 21.4. The summed E-state index contributed by atoms with van der Waals surface area (Å²) in [5, 5.41) is 7.06. The number of aryl methyl sites for hydroxylation is 2. The van der Waals surface area contributed by atoms with Crippen molar-refractivity contribution in [3.05, 3.63) is 83.2 Å². The number of nitrogens with zero attached hydrogens (tertiary/aromatic N) is 3. The summed E-state index contributed by atoms with van der Waals surface area (Å²) >= 11 is 0. The molecule has 1 aromatic heterocycles. The maximum atomic E-state index is 13.1. The number of hydrogen-bond acceptors (Lipinski definition) is 6. The Hall–Kier alpha value is -3.97. The van der Waals surface area contributed by atoms with E-state index in [0.29, 0.717) is 23.9 Å². The minimum absolute atomic E-state index is 0.0236. The number of carbonyl (C=O) groups excluding carboxylic acids is 1. The molecule has 4 aromatic rings. The molecule has 1 N–H and O–H groups in total. The van der Waals surface area contributed by atoms with Crippen molar-refractivity contribution in [2.45, 2.75) is 32.1 Å². The lowest BCUT2D eigenvalue weighted by atomic mass is 9.74. The summed E-state index contributed by atoms with van der Waals surface area (Å²) < 4.78 is 11.1. The van der Waals surface area contributed by atoms with Gasteiger partial charge in [0.25, 0.3) is 5.91 Å². The molecule has 1 amide bonds. The van der Waals surface area contributed by atoms with Crippen LogP contribution in [-0.4, -0.2) is 47.7 Å². The number of anilines is 1. The predicted molar refractivity (Wildman–Crippen MR) is 143 cm³/mol. The van der Waals surface area contributed by atoms with Crippen LogP contribution in [0.2, 0.25) is 0 Å². The smallest absolute Gasteiger partial charge is 0.255 e. The highest BCUT2D eigenvalue weighted by Gasteiger charge is 2.42. The van der Waals surface area contributed by atoms with Crippen molar-refractivity contribution < 1.29 is 14.1 Å². The van der Waals surface area contributed by atoms with Crippen LogP contribution >= 0.6 is 0 Å². The number of carbonyl (C=O) groups is 1. The maximum absolute atomic E-state index is 13.1. The first-order valence-electron chi connectivity index (χ1n) is 12.7. The third-order valence-corrected chi connectivity index (χ3v) is 7.73. The van der Waals surface area contributed by atoms with Crippen LogP contribution in [0.25, 0.3) is 22.5 Å². The lowest BCUT2D eigenvalue weighted by Gasteiger charge is -2.36. The van der Waals surface area contributed by atoms with Gasteiger partial charge in [-0.1, -0.05) is 29.4 Å². The lowest BCUT2D eigenvalue weighted by Crippen LogP contribution is -2.41. The molecular weight excluding hydrogens is 464 g/mol. The molecule has 2 aliphatic heterocycles. The van der Waals surface area contributed by atoms with Gasteiger partial charge in [0.05, 0.1) is 6.61 Å². The average Bonchev–Trinajstić information content (AvgIpc) is 3.50. The molecule has 0 radical (unpaired) electrons. The minimum Gasteiger partial charge on any atom is -0.492 e. The Labute approximate surface area is 216 Å². The van der Waals surface area contributed by atoms with E-state index in [4.69, 9.17) is 9.26 Å². The van der Waals surface area contributed by atoms with Gasteiger partial charge in [0.2, 0.25) is 11.7 Å². The number of aromatic nitrogens is 2. The first kappa shape index (κ1) is 23.4. The fraction of sp³-hybridized carbons (Fsp3) is 0.300. The molecular formula is C30H30N4O3. The van der Waals surface area contributed by atoms with Gasteiger partial charge in [-0.25, -0.2) is 0 Å². The molecule has 6 rings (SSSR count). The van der Waals surface area contributed by atoms with Gasteiger partial charge in [-0.2, -0.15) is 4.98 Å². The molecule has 0 unspecified atom stereocenters. The molecule has 1 saturated heterocycles. The highest BCUT2D eigenvalue weighted by Crippen LogP contribution is 2.45. The van der Waals surface area contributed by atoms with E-state index >= 15 is 0 Å². The van der Waals surface area contributed by atoms with Crippen LogP contribution in [0, 0.1) is 13.8 Å². The van der Waals surface area contributed by atoms with Crippen LogP contribution < -0.4 is 10.1 Å². The van der Waals surface area contributed by atoms with Gasteiger partial charge in [0.15, 0.2) is 0 Å². The van der Waals surface area contributed by atoms with Gasteiger partial charge in [-0.15, -0.1) is 0 Å². The second-order valence-corrected chi connectivity index (χ2v) is 10.3. The van der Waals surface area contributed by atoms with Crippen molar-refractivity contribution in [3.8, 4) is 28.3 Å².